The summed E-state index contributed by atoms with van der Waals surface area (Å²) < 4.78 is 12.9. The van der Waals surface area contributed by atoms with E-state index in [1.165, 1.54) is 19.1 Å². The number of carbonyl (C=O) groups is 2. The van der Waals surface area contributed by atoms with Gasteiger partial charge >= 0.3 is 0 Å². The molecule has 0 aliphatic carbocycles. The topological polar surface area (TPSA) is 58.2 Å². The van der Waals surface area contributed by atoms with Crippen molar-refractivity contribution in [2.24, 2.45) is 0 Å². The lowest BCUT2D eigenvalue weighted by molar-refractivity contribution is -0.118. The van der Waals surface area contributed by atoms with Gasteiger partial charge in [0.05, 0.1) is 0 Å². The molecule has 23 heavy (non-hydrogen) atoms. The first-order valence-corrected chi connectivity index (χ1v) is 7.45. The number of rotatable bonds is 6. The second-order valence-corrected chi connectivity index (χ2v) is 5.18. The van der Waals surface area contributed by atoms with Crippen molar-refractivity contribution in [3.8, 4) is 11.1 Å². The Morgan fingerprint density at radius 1 is 0.870 bits per heavy atom. The number of benzene rings is 2. The van der Waals surface area contributed by atoms with E-state index in [2.05, 4.69) is 10.6 Å². The van der Waals surface area contributed by atoms with E-state index in [-0.39, 0.29) is 17.6 Å². The average Bonchev–Trinajstić information content (AvgIpc) is 2.55. The third-order valence-corrected chi connectivity index (χ3v) is 3.34. The Morgan fingerprint density at radius 2 is 1.39 bits per heavy atom. The number of hydrogen-bond acceptors (Lipinski definition) is 2. The Morgan fingerprint density at radius 3 is 1.96 bits per heavy atom. The van der Waals surface area contributed by atoms with Crippen LogP contribution in [0.15, 0.2) is 48.5 Å². The van der Waals surface area contributed by atoms with Crippen LogP contribution in [-0.2, 0) is 4.79 Å². The molecule has 0 aliphatic rings. The summed E-state index contributed by atoms with van der Waals surface area (Å²) in [4.78, 5) is 22.7. The van der Waals surface area contributed by atoms with Crippen molar-refractivity contribution in [3.05, 3.63) is 59.9 Å². The van der Waals surface area contributed by atoms with E-state index in [9.17, 15) is 14.0 Å². The summed E-state index contributed by atoms with van der Waals surface area (Å²) in [5.41, 5.74) is 2.39. The van der Waals surface area contributed by atoms with E-state index in [4.69, 9.17) is 0 Å². The molecule has 0 heterocycles. The molecule has 0 atom stereocenters. The molecule has 0 unspecified atom stereocenters. The van der Waals surface area contributed by atoms with E-state index in [1.54, 1.807) is 24.3 Å². The molecule has 5 heteroatoms. The van der Waals surface area contributed by atoms with Gasteiger partial charge in [-0.05, 0) is 41.8 Å². The molecule has 2 amide bonds. The lowest BCUT2D eigenvalue weighted by atomic mass is 10.0. The number of hydrogen-bond donors (Lipinski definition) is 2. The fourth-order valence-electron chi connectivity index (χ4n) is 2.11. The smallest absolute Gasteiger partial charge is 0.251 e. The summed E-state index contributed by atoms with van der Waals surface area (Å²) in [6.07, 6.45) is 0.680. The number of nitrogens with one attached hydrogen (secondary N) is 2. The van der Waals surface area contributed by atoms with E-state index in [0.717, 1.165) is 11.1 Å². The molecule has 0 spiro atoms. The van der Waals surface area contributed by atoms with Crippen LogP contribution in [0.1, 0.15) is 23.7 Å². The van der Waals surface area contributed by atoms with Gasteiger partial charge in [0.1, 0.15) is 5.82 Å². The first-order valence-electron chi connectivity index (χ1n) is 7.45. The maximum atomic E-state index is 12.9. The zero-order valence-electron chi connectivity index (χ0n) is 12.9. The predicted octanol–water partition coefficient (Wildman–Crippen LogP) is 2.75. The second-order valence-electron chi connectivity index (χ2n) is 5.18. The van der Waals surface area contributed by atoms with Crippen LogP contribution in [0.25, 0.3) is 11.1 Å². The molecule has 0 radical (unpaired) electrons. The zero-order valence-corrected chi connectivity index (χ0v) is 12.9. The molecule has 4 nitrogen and oxygen atoms in total. The first-order chi connectivity index (χ1) is 11.1. The van der Waals surface area contributed by atoms with Gasteiger partial charge in [0, 0.05) is 25.6 Å². The minimum absolute atomic E-state index is 0.0762. The highest BCUT2D eigenvalue weighted by Gasteiger charge is 2.05. The first kappa shape index (κ1) is 16.7. The number of amides is 2. The summed E-state index contributed by atoms with van der Waals surface area (Å²) >= 11 is 0. The Labute approximate surface area is 134 Å². The molecule has 2 N–H and O–H groups in total. The third kappa shape index (κ3) is 5.21. The molecule has 2 aromatic carbocycles. The predicted molar refractivity (Wildman–Crippen MR) is 87.5 cm³/mol. The lowest BCUT2D eigenvalue weighted by Gasteiger charge is -2.07. The van der Waals surface area contributed by atoms with Gasteiger partial charge in [-0.15, -0.1) is 0 Å². The Kier molecular flexibility index (Phi) is 5.86. The Bertz CT molecular complexity index is 666. The monoisotopic (exact) mass is 314 g/mol. The SMILES string of the molecule is CC(=O)NCCCNC(=O)c1ccc(-c2ccc(F)cc2)cc1. The summed E-state index contributed by atoms with van der Waals surface area (Å²) in [7, 11) is 0. The van der Waals surface area contributed by atoms with Crippen molar-refractivity contribution in [2.45, 2.75) is 13.3 Å². The molecule has 120 valence electrons. The van der Waals surface area contributed by atoms with Crippen molar-refractivity contribution < 1.29 is 14.0 Å². The largest absolute Gasteiger partial charge is 0.356 e. The van der Waals surface area contributed by atoms with Crippen molar-refractivity contribution in [3.63, 3.8) is 0 Å². The standard InChI is InChI=1S/C18H19FN2O2/c1-13(22)20-11-2-12-21-18(23)16-5-3-14(4-6-16)15-7-9-17(19)10-8-15/h3-10H,2,11-12H2,1H3,(H,20,22)(H,21,23). The third-order valence-electron chi connectivity index (χ3n) is 3.34. The molecule has 0 fully saturated rings. The number of halogens is 1. The van der Waals surface area contributed by atoms with E-state index in [1.807, 2.05) is 12.1 Å². The van der Waals surface area contributed by atoms with Gasteiger partial charge in [0.2, 0.25) is 5.91 Å². The van der Waals surface area contributed by atoms with Crippen LogP contribution >= 0.6 is 0 Å². The highest BCUT2D eigenvalue weighted by atomic mass is 19.1. The van der Waals surface area contributed by atoms with Crippen LogP contribution in [0.2, 0.25) is 0 Å². The maximum absolute atomic E-state index is 12.9. The van der Waals surface area contributed by atoms with Crippen molar-refractivity contribution >= 4 is 11.8 Å². The van der Waals surface area contributed by atoms with Crippen LogP contribution in [0.5, 0.6) is 0 Å². The van der Waals surface area contributed by atoms with Gasteiger partial charge in [-0.3, -0.25) is 9.59 Å². The lowest BCUT2D eigenvalue weighted by Crippen LogP contribution is -2.28. The van der Waals surface area contributed by atoms with Crippen molar-refractivity contribution in [1.82, 2.24) is 10.6 Å². The molecule has 0 saturated heterocycles. The Hall–Kier alpha value is -2.69. The average molecular weight is 314 g/mol. The van der Waals surface area contributed by atoms with Crippen LogP contribution in [0.4, 0.5) is 4.39 Å². The van der Waals surface area contributed by atoms with Crippen molar-refractivity contribution in [2.75, 3.05) is 13.1 Å². The summed E-state index contributed by atoms with van der Waals surface area (Å²) in [6, 6.07) is 13.4. The number of carbonyl (C=O) groups excluding carboxylic acids is 2. The molecular formula is C18H19FN2O2. The van der Waals surface area contributed by atoms with Crippen LogP contribution in [0.3, 0.4) is 0 Å². The molecule has 2 rings (SSSR count). The van der Waals surface area contributed by atoms with E-state index >= 15 is 0 Å². The summed E-state index contributed by atoms with van der Waals surface area (Å²) in [5.74, 6) is -0.504. The van der Waals surface area contributed by atoms with Gasteiger partial charge in [-0.1, -0.05) is 24.3 Å². The molecule has 0 bridgehead atoms. The minimum atomic E-state index is -0.274. The van der Waals surface area contributed by atoms with E-state index < -0.39 is 0 Å². The second kappa shape index (κ2) is 8.08. The zero-order chi connectivity index (χ0) is 16.7. The van der Waals surface area contributed by atoms with Gasteiger partial charge in [0.15, 0.2) is 0 Å². The highest BCUT2D eigenvalue weighted by Crippen LogP contribution is 2.20. The maximum Gasteiger partial charge on any atom is 0.251 e. The van der Waals surface area contributed by atoms with E-state index in [0.29, 0.717) is 25.1 Å². The van der Waals surface area contributed by atoms with Gasteiger partial charge in [-0.2, -0.15) is 0 Å². The molecule has 0 aliphatic heterocycles. The fourth-order valence-corrected chi connectivity index (χ4v) is 2.11. The van der Waals surface area contributed by atoms with Crippen LogP contribution in [0, 0.1) is 5.82 Å². The molecule has 0 saturated carbocycles. The van der Waals surface area contributed by atoms with Gasteiger partial charge in [0.25, 0.3) is 5.91 Å². The van der Waals surface area contributed by atoms with Crippen LogP contribution in [-0.4, -0.2) is 24.9 Å². The van der Waals surface area contributed by atoms with Crippen molar-refractivity contribution in [1.29, 1.82) is 0 Å². The fraction of sp³-hybridized carbons (Fsp3) is 0.222. The minimum Gasteiger partial charge on any atom is -0.356 e. The molecule has 2 aromatic rings. The summed E-state index contributed by atoms with van der Waals surface area (Å²) in [6.45, 7) is 2.50. The Balaban J connectivity index is 1.87. The van der Waals surface area contributed by atoms with Gasteiger partial charge < -0.3 is 10.6 Å². The molecular weight excluding hydrogens is 295 g/mol. The normalized spacial score (nSPS) is 10.2. The quantitative estimate of drug-likeness (QED) is 0.806. The van der Waals surface area contributed by atoms with Crippen LogP contribution < -0.4 is 10.6 Å². The highest BCUT2D eigenvalue weighted by molar-refractivity contribution is 5.94. The summed E-state index contributed by atoms with van der Waals surface area (Å²) in [5, 5.41) is 5.47. The van der Waals surface area contributed by atoms with Gasteiger partial charge in [-0.25, -0.2) is 4.39 Å². The molecule has 0 aromatic heterocycles.